The zero-order chi connectivity index (χ0) is 12.3. The van der Waals surface area contributed by atoms with Gasteiger partial charge >= 0.3 is 0 Å². The van der Waals surface area contributed by atoms with Crippen LogP contribution in [0.4, 0.5) is 5.82 Å². The van der Waals surface area contributed by atoms with E-state index in [9.17, 15) is 4.79 Å². The largest absolute Gasteiger partial charge is 0.306 e. The van der Waals surface area contributed by atoms with Crippen molar-refractivity contribution in [2.75, 3.05) is 5.32 Å². The van der Waals surface area contributed by atoms with Crippen LogP contribution in [0.5, 0.6) is 0 Å². The zero-order valence-corrected chi connectivity index (χ0v) is 11.7. The fourth-order valence-electron chi connectivity index (χ4n) is 1.22. The molecule has 0 aromatic carbocycles. The van der Waals surface area contributed by atoms with Gasteiger partial charge in [-0.05, 0) is 56.1 Å². The smallest absolute Gasteiger partial charge is 0.259 e. The van der Waals surface area contributed by atoms with E-state index < -0.39 is 0 Å². The molecule has 0 aliphatic heterocycles. The van der Waals surface area contributed by atoms with Crippen LogP contribution in [0.15, 0.2) is 45.7 Å². The maximum atomic E-state index is 11.9. The van der Waals surface area contributed by atoms with Crippen molar-refractivity contribution in [3.8, 4) is 0 Å². The summed E-state index contributed by atoms with van der Waals surface area (Å²) in [5.41, 5.74) is 0.467. The van der Waals surface area contributed by atoms with Crippen LogP contribution >= 0.6 is 31.9 Å². The summed E-state index contributed by atoms with van der Waals surface area (Å²) < 4.78 is 1.17. The summed E-state index contributed by atoms with van der Waals surface area (Å²) in [5.74, 6) is 0.232. The lowest BCUT2D eigenvalue weighted by Crippen LogP contribution is -2.13. The van der Waals surface area contributed by atoms with E-state index in [-0.39, 0.29) is 5.91 Å². The van der Waals surface area contributed by atoms with Gasteiger partial charge in [0.1, 0.15) is 15.0 Å². The Morgan fingerprint density at radius 2 is 2.00 bits per heavy atom. The Bertz CT molecular complexity index is 560. The summed E-state index contributed by atoms with van der Waals surface area (Å²) in [5, 5.41) is 2.69. The molecule has 0 bridgehead atoms. The summed E-state index contributed by atoms with van der Waals surface area (Å²) in [6.07, 6.45) is 1.61. The number of halogens is 2. The number of carbonyl (C=O) groups is 1. The molecule has 2 heterocycles. The predicted molar refractivity (Wildman–Crippen MR) is 71.8 cm³/mol. The first-order valence-corrected chi connectivity index (χ1v) is 6.30. The Kier molecular flexibility index (Phi) is 3.86. The lowest BCUT2D eigenvalue weighted by atomic mass is 10.2. The molecule has 1 amide bonds. The molecule has 0 fully saturated rings. The molecule has 1 N–H and O–H groups in total. The maximum Gasteiger partial charge on any atom is 0.259 e. The molecule has 6 heteroatoms. The molecule has 0 aliphatic carbocycles. The van der Waals surface area contributed by atoms with Crippen molar-refractivity contribution < 1.29 is 4.79 Å². The molecule has 2 aromatic heterocycles. The zero-order valence-electron chi connectivity index (χ0n) is 8.52. The average Bonchev–Trinajstić information content (AvgIpc) is 2.29. The number of anilines is 1. The Morgan fingerprint density at radius 1 is 1.18 bits per heavy atom. The van der Waals surface area contributed by atoms with E-state index in [4.69, 9.17) is 0 Å². The van der Waals surface area contributed by atoms with E-state index in [1.165, 1.54) is 0 Å². The van der Waals surface area contributed by atoms with Gasteiger partial charge in [-0.25, -0.2) is 9.97 Å². The monoisotopic (exact) mass is 355 g/mol. The molecule has 0 spiro atoms. The molecule has 0 unspecified atom stereocenters. The second-order valence-electron chi connectivity index (χ2n) is 3.14. The average molecular weight is 357 g/mol. The van der Waals surface area contributed by atoms with Gasteiger partial charge in [0, 0.05) is 6.20 Å². The van der Waals surface area contributed by atoms with Crippen molar-refractivity contribution in [2.45, 2.75) is 0 Å². The molecule has 0 radical (unpaired) electrons. The van der Waals surface area contributed by atoms with Gasteiger partial charge in [-0.2, -0.15) is 0 Å². The Labute approximate surface area is 115 Å². The van der Waals surface area contributed by atoms with Crippen LogP contribution in [-0.2, 0) is 0 Å². The van der Waals surface area contributed by atoms with Crippen molar-refractivity contribution in [3.63, 3.8) is 0 Å². The summed E-state index contributed by atoms with van der Waals surface area (Å²) in [6, 6.07) is 8.69. The van der Waals surface area contributed by atoms with Crippen molar-refractivity contribution in [1.29, 1.82) is 0 Å². The van der Waals surface area contributed by atoms with Gasteiger partial charge in [-0.1, -0.05) is 6.07 Å². The molecule has 0 saturated carbocycles. The highest BCUT2D eigenvalue weighted by Gasteiger charge is 2.10. The summed E-state index contributed by atoms with van der Waals surface area (Å²) >= 11 is 6.46. The third-order valence-electron chi connectivity index (χ3n) is 1.96. The quantitative estimate of drug-likeness (QED) is 0.840. The normalized spacial score (nSPS) is 10.0. The molecule has 2 aromatic rings. The molecule has 2 rings (SSSR count). The van der Waals surface area contributed by atoms with Crippen LogP contribution in [0, 0.1) is 0 Å². The lowest BCUT2D eigenvalue weighted by Gasteiger charge is -2.05. The number of amides is 1. The molecule has 0 aliphatic rings. The van der Waals surface area contributed by atoms with E-state index in [0.717, 1.165) is 0 Å². The highest BCUT2D eigenvalue weighted by Crippen LogP contribution is 2.15. The van der Waals surface area contributed by atoms with Crippen molar-refractivity contribution in [3.05, 3.63) is 51.3 Å². The van der Waals surface area contributed by atoms with Crippen molar-refractivity contribution in [2.24, 2.45) is 0 Å². The molecular formula is C11H7Br2N3O. The molecule has 0 saturated heterocycles. The van der Waals surface area contributed by atoms with Gasteiger partial charge in [0.2, 0.25) is 0 Å². The Morgan fingerprint density at radius 3 is 2.71 bits per heavy atom. The van der Waals surface area contributed by atoms with Crippen molar-refractivity contribution in [1.82, 2.24) is 9.97 Å². The number of nitrogens with one attached hydrogen (secondary N) is 1. The molecule has 17 heavy (non-hydrogen) atoms. The van der Waals surface area contributed by atoms with Crippen LogP contribution in [0.2, 0.25) is 0 Å². The maximum absolute atomic E-state index is 11.9. The number of hydrogen-bond acceptors (Lipinski definition) is 3. The molecular weight excluding hydrogens is 350 g/mol. The SMILES string of the molecule is O=C(Nc1cccc(Br)n1)c1cccnc1Br. The predicted octanol–water partition coefficient (Wildman–Crippen LogP) is 3.25. The Hall–Kier alpha value is -1.27. The van der Waals surface area contributed by atoms with Crippen molar-refractivity contribution >= 4 is 43.6 Å². The third-order valence-corrected chi connectivity index (χ3v) is 3.03. The van der Waals surface area contributed by atoms with E-state index in [1.807, 2.05) is 0 Å². The van der Waals surface area contributed by atoms with Gasteiger partial charge in [0.25, 0.3) is 5.91 Å². The lowest BCUT2D eigenvalue weighted by molar-refractivity contribution is 0.102. The standard InChI is InChI=1S/C11H7Br2N3O/c12-8-4-1-5-9(15-8)16-11(17)7-3-2-6-14-10(7)13/h1-6H,(H,15,16,17). The second-order valence-corrected chi connectivity index (χ2v) is 4.71. The number of nitrogens with zero attached hydrogens (tertiary/aromatic N) is 2. The van der Waals surface area contributed by atoms with E-state index in [2.05, 4.69) is 47.1 Å². The minimum absolute atomic E-state index is 0.254. The number of pyridine rings is 2. The van der Waals surface area contributed by atoms with Gasteiger partial charge in [0.05, 0.1) is 5.56 Å². The molecule has 86 valence electrons. The summed E-state index contributed by atoms with van der Waals surface area (Å²) in [4.78, 5) is 20.0. The van der Waals surface area contributed by atoms with E-state index in [0.29, 0.717) is 20.6 Å². The highest BCUT2D eigenvalue weighted by atomic mass is 79.9. The molecule has 0 atom stereocenters. The van der Waals surface area contributed by atoms with Crippen LogP contribution < -0.4 is 5.32 Å². The minimum Gasteiger partial charge on any atom is -0.306 e. The fourth-order valence-corrected chi connectivity index (χ4v) is 1.99. The van der Waals surface area contributed by atoms with Gasteiger partial charge in [-0.15, -0.1) is 0 Å². The minimum atomic E-state index is -0.254. The van der Waals surface area contributed by atoms with E-state index in [1.54, 1.807) is 36.5 Å². The molecule has 4 nitrogen and oxygen atoms in total. The number of aromatic nitrogens is 2. The summed E-state index contributed by atoms with van der Waals surface area (Å²) in [7, 11) is 0. The second kappa shape index (κ2) is 5.37. The Balaban J connectivity index is 2.20. The van der Waals surface area contributed by atoms with Gasteiger partial charge in [-0.3, -0.25) is 4.79 Å². The van der Waals surface area contributed by atoms with Gasteiger partial charge in [0.15, 0.2) is 0 Å². The first kappa shape index (κ1) is 12.2. The third kappa shape index (κ3) is 3.10. The van der Waals surface area contributed by atoms with Crippen LogP contribution in [-0.4, -0.2) is 15.9 Å². The van der Waals surface area contributed by atoms with Crippen LogP contribution in [0.25, 0.3) is 0 Å². The summed E-state index contributed by atoms with van der Waals surface area (Å²) in [6.45, 7) is 0. The van der Waals surface area contributed by atoms with Crippen LogP contribution in [0.3, 0.4) is 0 Å². The van der Waals surface area contributed by atoms with E-state index >= 15 is 0 Å². The number of carbonyl (C=O) groups excluding carboxylic acids is 1. The van der Waals surface area contributed by atoms with Gasteiger partial charge < -0.3 is 5.32 Å². The first-order valence-electron chi connectivity index (χ1n) is 4.71. The number of hydrogen-bond donors (Lipinski definition) is 1. The topological polar surface area (TPSA) is 54.9 Å². The first-order chi connectivity index (χ1) is 8.16. The highest BCUT2D eigenvalue weighted by molar-refractivity contribution is 9.10. The van der Waals surface area contributed by atoms with Crippen LogP contribution in [0.1, 0.15) is 10.4 Å². The fraction of sp³-hybridized carbons (Fsp3) is 0. The number of rotatable bonds is 2.